The summed E-state index contributed by atoms with van der Waals surface area (Å²) in [5.41, 5.74) is 5.04. The van der Waals surface area contributed by atoms with E-state index in [4.69, 9.17) is 10.8 Å². The molecule has 0 bridgehead atoms. The first-order valence-electron chi connectivity index (χ1n) is 5.56. The summed E-state index contributed by atoms with van der Waals surface area (Å²) < 4.78 is 0. The zero-order valence-corrected chi connectivity index (χ0v) is 10.4. The van der Waals surface area contributed by atoms with Crippen LogP contribution < -0.4 is 5.73 Å². The number of primary amides is 1. The first-order valence-corrected chi connectivity index (χ1v) is 5.56. The summed E-state index contributed by atoms with van der Waals surface area (Å²) in [6.45, 7) is 7.78. The van der Waals surface area contributed by atoms with E-state index in [1.165, 1.54) is 0 Å². The molecule has 0 aliphatic carbocycles. The molecule has 0 fully saturated rings. The van der Waals surface area contributed by atoms with Crippen molar-refractivity contribution in [3.63, 3.8) is 0 Å². The van der Waals surface area contributed by atoms with Gasteiger partial charge in [-0.1, -0.05) is 0 Å². The third-order valence-electron chi connectivity index (χ3n) is 2.50. The van der Waals surface area contributed by atoms with Crippen LogP contribution in [-0.2, 0) is 9.59 Å². The molecule has 0 saturated heterocycles. The molecule has 0 heterocycles. The SMILES string of the molecule is CC(C)N(C(C)C)C(CCC(N)=O)C(=O)O.[LiH]. The molecule has 0 aromatic carbocycles. The van der Waals surface area contributed by atoms with Gasteiger partial charge in [0.15, 0.2) is 0 Å². The minimum atomic E-state index is -0.899. The number of aliphatic carboxylic acids is 1. The Morgan fingerprint density at radius 1 is 1.18 bits per heavy atom. The predicted octanol–water partition coefficient (Wildman–Crippen LogP) is 0.175. The van der Waals surface area contributed by atoms with Crippen molar-refractivity contribution in [2.24, 2.45) is 5.73 Å². The number of hydrogen-bond donors (Lipinski definition) is 2. The van der Waals surface area contributed by atoms with Crippen molar-refractivity contribution >= 4 is 30.7 Å². The molecule has 5 nitrogen and oxygen atoms in total. The van der Waals surface area contributed by atoms with Crippen LogP contribution in [0.4, 0.5) is 0 Å². The van der Waals surface area contributed by atoms with Crippen LogP contribution in [0.5, 0.6) is 0 Å². The van der Waals surface area contributed by atoms with E-state index in [1.54, 1.807) is 0 Å². The molecular weight excluding hydrogens is 215 g/mol. The van der Waals surface area contributed by atoms with Gasteiger partial charge in [0, 0.05) is 18.5 Å². The Hall–Kier alpha value is -0.503. The van der Waals surface area contributed by atoms with E-state index < -0.39 is 17.9 Å². The van der Waals surface area contributed by atoms with Gasteiger partial charge < -0.3 is 10.8 Å². The maximum atomic E-state index is 11.2. The zero-order chi connectivity index (χ0) is 12.9. The molecule has 1 unspecified atom stereocenters. The molecule has 0 spiro atoms. The maximum absolute atomic E-state index is 11.2. The fourth-order valence-corrected chi connectivity index (χ4v) is 2.00. The molecule has 1 amide bonds. The molecule has 6 heteroatoms. The van der Waals surface area contributed by atoms with Gasteiger partial charge in [-0.25, -0.2) is 0 Å². The third-order valence-corrected chi connectivity index (χ3v) is 2.50. The molecule has 0 aliphatic heterocycles. The summed E-state index contributed by atoms with van der Waals surface area (Å²) >= 11 is 0. The van der Waals surface area contributed by atoms with E-state index in [2.05, 4.69) is 0 Å². The van der Waals surface area contributed by atoms with Crippen molar-refractivity contribution in [2.75, 3.05) is 0 Å². The van der Waals surface area contributed by atoms with E-state index >= 15 is 0 Å². The Morgan fingerprint density at radius 2 is 1.59 bits per heavy atom. The van der Waals surface area contributed by atoms with Gasteiger partial charge in [-0.3, -0.25) is 14.5 Å². The second-order valence-corrected chi connectivity index (χ2v) is 4.49. The molecule has 0 aromatic heterocycles. The van der Waals surface area contributed by atoms with Crippen LogP contribution in [0.2, 0.25) is 0 Å². The molecule has 0 saturated carbocycles. The Morgan fingerprint density at radius 3 is 1.82 bits per heavy atom. The van der Waals surface area contributed by atoms with Gasteiger partial charge >= 0.3 is 24.8 Å². The van der Waals surface area contributed by atoms with Crippen LogP contribution in [0.1, 0.15) is 40.5 Å². The minimum absolute atomic E-state index is 0. The first kappa shape index (κ1) is 18.9. The average molecular weight is 238 g/mol. The van der Waals surface area contributed by atoms with E-state index in [9.17, 15) is 9.59 Å². The number of carbonyl (C=O) groups excluding carboxylic acids is 1. The van der Waals surface area contributed by atoms with Crippen LogP contribution in [-0.4, -0.2) is 58.9 Å². The van der Waals surface area contributed by atoms with Gasteiger partial charge in [-0.05, 0) is 34.1 Å². The topological polar surface area (TPSA) is 83.6 Å². The molecule has 0 aromatic rings. The molecule has 0 aliphatic rings. The van der Waals surface area contributed by atoms with Crippen molar-refractivity contribution in [1.82, 2.24) is 4.90 Å². The van der Waals surface area contributed by atoms with Gasteiger partial charge in [0.2, 0.25) is 5.91 Å². The number of nitrogens with two attached hydrogens (primary N) is 1. The van der Waals surface area contributed by atoms with Gasteiger partial charge in [0.1, 0.15) is 6.04 Å². The standard InChI is InChI=1S/C11H22N2O3.Li.H/c1-7(2)13(8(3)4)9(11(15)16)5-6-10(12)14;;/h7-9H,5-6H2,1-4H3,(H2,12,14)(H,15,16);;. The van der Waals surface area contributed by atoms with Crippen LogP contribution in [0.15, 0.2) is 0 Å². The number of carbonyl (C=O) groups is 2. The third kappa shape index (κ3) is 6.72. The molecule has 1 atom stereocenters. The quantitative estimate of drug-likeness (QED) is 0.619. The second kappa shape index (κ2) is 8.57. The van der Waals surface area contributed by atoms with Crippen LogP contribution >= 0.6 is 0 Å². The predicted molar refractivity (Wildman–Crippen MR) is 69.1 cm³/mol. The number of rotatable bonds is 7. The summed E-state index contributed by atoms with van der Waals surface area (Å²) in [5, 5.41) is 9.16. The second-order valence-electron chi connectivity index (χ2n) is 4.49. The average Bonchev–Trinajstić information content (AvgIpc) is 2.09. The Balaban J connectivity index is 0. The van der Waals surface area contributed by atoms with Gasteiger partial charge in [-0.2, -0.15) is 0 Å². The first-order chi connectivity index (χ1) is 7.27. The van der Waals surface area contributed by atoms with Crippen molar-refractivity contribution in [3.8, 4) is 0 Å². The Bertz CT molecular complexity index is 249. The normalized spacial score (nSPS) is 12.6. The van der Waals surface area contributed by atoms with Crippen molar-refractivity contribution in [2.45, 2.75) is 58.7 Å². The Kier molecular flexibility index (Phi) is 9.50. The van der Waals surface area contributed by atoms with Crippen molar-refractivity contribution in [1.29, 1.82) is 0 Å². The number of hydrogen-bond acceptors (Lipinski definition) is 3. The summed E-state index contributed by atoms with van der Waals surface area (Å²) in [5.74, 6) is -1.36. The van der Waals surface area contributed by atoms with Crippen molar-refractivity contribution in [3.05, 3.63) is 0 Å². The Labute approximate surface area is 115 Å². The molecular formula is C11H23LiN2O3. The number of carboxylic acids is 1. The molecule has 17 heavy (non-hydrogen) atoms. The number of amides is 1. The summed E-state index contributed by atoms with van der Waals surface area (Å²) in [7, 11) is 0. The molecule has 3 N–H and O–H groups in total. The molecule has 96 valence electrons. The fourth-order valence-electron chi connectivity index (χ4n) is 2.00. The fraction of sp³-hybridized carbons (Fsp3) is 0.818. The summed E-state index contributed by atoms with van der Waals surface area (Å²) in [6.07, 6.45) is 0.369. The summed E-state index contributed by atoms with van der Waals surface area (Å²) in [4.78, 5) is 23.7. The van der Waals surface area contributed by atoms with Crippen LogP contribution in [0, 0.1) is 0 Å². The van der Waals surface area contributed by atoms with Gasteiger partial charge in [0.25, 0.3) is 0 Å². The van der Waals surface area contributed by atoms with Crippen molar-refractivity contribution < 1.29 is 14.7 Å². The van der Waals surface area contributed by atoms with Gasteiger partial charge in [-0.15, -0.1) is 0 Å². The van der Waals surface area contributed by atoms with E-state index in [1.807, 2.05) is 32.6 Å². The van der Waals surface area contributed by atoms with E-state index in [0.717, 1.165) is 0 Å². The summed E-state index contributed by atoms with van der Waals surface area (Å²) in [6, 6.07) is -0.407. The molecule has 0 radical (unpaired) electrons. The van der Waals surface area contributed by atoms with Crippen LogP contribution in [0.25, 0.3) is 0 Å². The monoisotopic (exact) mass is 238 g/mol. The molecule has 0 rings (SSSR count). The number of nitrogens with zero attached hydrogens (tertiary/aromatic N) is 1. The zero-order valence-electron chi connectivity index (χ0n) is 10.4. The van der Waals surface area contributed by atoms with E-state index in [-0.39, 0.29) is 43.8 Å². The number of carboxylic acid groups (broad SMARTS) is 1. The van der Waals surface area contributed by atoms with Gasteiger partial charge in [0.05, 0.1) is 0 Å². The van der Waals surface area contributed by atoms with E-state index in [0.29, 0.717) is 0 Å². The van der Waals surface area contributed by atoms with Crippen LogP contribution in [0.3, 0.4) is 0 Å².